The lowest BCUT2D eigenvalue weighted by atomic mass is 10.2. The van der Waals surface area contributed by atoms with Crippen molar-refractivity contribution in [2.24, 2.45) is 0 Å². The van der Waals surface area contributed by atoms with E-state index in [4.69, 9.17) is 0 Å². The number of carbonyl (C=O) groups excluding carboxylic acids is 1. The molecule has 0 aliphatic carbocycles. The summed E-state index contributed by atoms with van der Waals surface area (Å²) in [6.45, 7) is 6.64. The Morgan fingerprint density at radius 2 is 2.21 bits per heavy atom. The van der Waals surface area contributed by atoms with Crippen LogP contribution >= 0.6 is 0 Å². The monoisotopic (exact) mass is 267 g/mol. The van der Waals surface area contributed by atoms with Crippen molar-refractivity contribution in [3.05, 3.63) is 22.2 Å². The number of H-pyrrole nitrogens is 1. The molecule has 1 N–H and O–H groups in total. The van der Waals surface area contributed by atoms with Crippen molar-refractivity contribution in [1.82, 2.24) is 9.97 Å². The number of nitrogens with one attached hydrogen (secondary N) is 1. The summed E-state index contributed by atoms with van der Waals surface area (Å²) in [5.41, 5.74) is -0.209. The van der Waals surface area contributed by atoms with Gasteiger partial charge in [-0.3, -0.25) is 9.59 Å². The maximum Gasteiger partial charge on any atom is 0.325 e. The molecule has 1 aromatic heterocycles. The molecule has 0 bridgehead atoms. The Hall–Kier alpha value is -1.85. The summed E-state index contributed by atoms with van der Waals surface area (Å²) in [5.74, 6) is 0.907. The van der Waals surface area contributed by atoms with E-state index in [2.05, 4.69) is 14.7 Å². The zero-order valence-electron chi connectivity index (χ0n) is 11.9. The van der Waals surface area contributed by atoms with Gasteiger partial charge in [-0.05, 0) is 6.42 Å². The number of nitrogens with zero attached hydrogens (tertiary/aromatic N) is 2. The van der Waals surface area contributed by atoms with Crippen LogP contribution in [0.15, 0.2) is 10.9 Å². The summed E-state index contributed by atoms with van der Waals surface area (Å²) in [6, 6.07) is 1.41. The first-order valence-corrected chi connectivity index (χ1v) is 6.41. The van der Waals surface area contributed by atoms with Crippen LogP contribution < -0.4 is 10.5 Å². The highest BCUT2D eigenvalue weighted by Crippen LogP contribution is 2.13. The summed E-state index contributed by atoms with van der Waals surface area (Å²) in [7, 11) is 1.34. The Kier molecular flexibility index (Phi) is 5.54. The smallest absolute Gasteiger partial charge is 0.325 e. The summed E-state index contributed by atoms with van der Waals surface area (Å²) in [4.78, 5) is 31.9. The Labute approximate surface area is 112 Å². The summed E-state index contributed by atoms with van der Waals surface area (Å²) >= 11 is 0. The van der Waals surface area contributed by atoms with Crippen LogP contribution in [0.4, 0.5) is 5.82 Å². The van der Waals surface area contributed by atoms with Gasteiger partial charge in [-0.15, -0.1) is 0 Å². The second kappa shape index (κ2) is 6.92. The number of hydrogen-bond donors (Lipinski definition) is 1. The molecule has 0 aliphatic heterocycles. The van der Waals surface area contributed by atoms with Crippen molar-refractivity contribution in [2.45, 2.75) is 33.1 Å². The maximum absolute atomic E-state index is 11.6. The molecule has 1 aromatic rings. The average Bonchev–Trinajstić information content (AvgIpc) is 2.37. The lowest BCUT2D eigenvalue weighted by molar-refractivity contribution is -0.138. The number of esters is 1. The topological polar surface area (TPSA) is 75.3 Å². The highest BCUT2D eigenvalue weighted by Gasteiger charge is 2.14. The van der Waals surface area contributed by atoms with E-state index in [9.17, 15) is 9.59 Å². The van der Waals surface area contributed by atoms with Gasteiger partial charge in [-0.1, -0.05) is 20.8 Å². The number of carbonyl (C=O) groups is 1. The van der Waals surface area contributed by atoms with Gasteiger partial charge in [0.15, 0.2) is 0 Å². The Morgan fingerprint density at radius 1 is 1.53 bits per heavy atom. The van der Waals surface area contributed by atoms with E-state index in [0.717, 1.165) is 6.42 Å². The van der Waals surface area contributed by atoms with E-state index < -0.39 is 0 Å². The van der Waals surface area contributed by atoms with Gasteiger partial charge in [0.25, 0.3) is 5.56 Å². The van der Waals surface area contributed by atoms with Gasteiger partial charge in [-0.2, -0.15) is 0 Å². The molecule has 0 aliphatic rings. The maximum atomic E-state index is 11.6. The summed E-state index contributed by atoms with van der Waals surface area (Å²) in [6.07, 6.45) is 0.850. The third kappa shape index (κ3) is 4.39. The van der Waals surface area contributed by atoms with E-state index in [0.29, 0.717) is 18.2 Å². The van der Waals surface area contributed by atoms with E-state index in [1.165, 1.54) is 13.2 Å². The lowest BCUT2D eigenvalue weighted by Gasteiger charge is -2.22. The van der Waals surface area contributed by atoms with Crippen LogP contribution in [0, 0.1) is 0 Å². The van der Waals surface area contributed by atoms with Crippen LogP contribution in [0.3, 0.4) is 0 Å². The number of anilines is 1. The summed E-state index contributed by atoms with van der Waals surface area (Å²) in [5, 5.41) is 0. The number of methoxy groups -OCH3 is 1. The Morgan fingerprint density at radius 3 is 2.74 bits per heavy atom. The standard InChI is InChI=1S/C13H21N3O3/c1-5-6-16(8-12(18)19-4)10-7-11(17)15-13(14-10)9(2)3/h7,9H,5-6,8H2,1-4H3,(H,14,15,17). The highest BCUT2D eigenvalue weighted by atomic mass is 16.5. The average molecular weight is 267 g/mol. The van der Waals surface area contributed by atoms with Crippen molar-refractivity contribution in [1.29, 1.82) is 0 Å². The van der Waals surface area contributed by atoms with Gasteiger partial charge in [0.2, 0.25) is 0 Å². The number of hydrogen-bond acceptors (Lipinski definition) is 5. The first kappa shape index (κ1) is 15.2. The van der Waals surface area contributed by atoms with Gasteiger partial charge in [0.05, 0.1) is 7.11 Å². The molecular weight excluding hydrogens is 246 g/mol. The fourth-order valence-corrected chi connectivity index (χ4v) is 1.66. The van der Waals surface area contributed by atoms with Crippen molar-refractivity contribution in [2.75, 3.05) is 25.1 Å². The molecule has 106 valence electrons. The molecule has 1 rings (SSSR count). The van der Waals surface area contributed by atoms with Gasteiger partial charge in [0.1, 0.15) is 18.2 Å². The second-order valence-electron chi connectivity index (χ2n) is 4.64. The third-order valence-corrected chi connectivity index (χ3v) is 2.66. The molecular formula is C13H21N3O3. The number of ether oxygens (including phenoxy) is 1. The van der Waals surface area contributed by atoms with E-state index in [-0.39, 0.29) is 24.0 Å². The quantitative estimate of drug-likeness (QED) is 0.786. The Balaban J connectivity index is 3.07. The van der Waals surface area contributed by atoms with E-state index in [1.54, 1.807) is 4.90 Å². The van der Waals surface area contributed by atoms with Gasteiger partial charge >= 0.3 is 5.97 Å². The van der Waals surface area contributed by atoms with Crippen molar-refractivity contribution < 1.29 is 9.53 Å². The molecule has 0 amide bonds. The molecule has 19 heavy (non-hydrogen) atoms. The zero-order valence-corrected chi connectivity index (χ0v) is 11.9. The minimum Gasteiger partial charge on any atom is -0.468 e. The molecule has 0 saturated heterocycles. The predicted octanol–water partition coefficient (Wildman–Crippen LogP) is 1.28. The number of aromatic nitrogens is 2. The molecule has 0 radical (unpaired) electrons. The largest absolute Gasteiger partial charge is 0.468 e. The van der Waals surface area contributed by atoms with Crippen LogP contribution in [0.25, 0.3) is 0 Å². The summed E-state index contributed by atoms with van der Waals surface area (Å²) < 4.78 is 4.66. The van der Waals surface area contributed by atoms with Crippen LogP contribution in [0.1, 0.15) is 38.9 Å². The first-order chi connectivity index (χ1) is 8.97. The molecule has 0 spiro atoms. The third-order valence-electron chi connectivity index (χ3n) is 2.66. The van der Waals surface area contributed by atoms with E-state index in [1.807, 2.05) is 20.8 Å². The fraction of sp³-hybridized carbons (Fsp3) is 0.615. The highest BCUT2D eigenvalue weighted by molar-refractivity contribution is 5.75. The van der Waals surface area contributed by atoms with Crippen LogP contribution in [0.5, 0.6) is 0 Å². The molecule has 1 heterocycles. The van der Waals surface area contributed by atoms with Crippen molar-refractivity contribution in [3.8, 4) is 0 Å². The lowest BCUT2D eigenvalue weighted by Crippen LogP contribution is -2.33. The van der Waals surface area contributed by atoms with Gasteiger partial charge < -0.3 is 14.6 Å². The SMILES string of the molecule is CCCN(CC(=O)OC)c1cc(=O)[nH]c(C(C)C)n1. The molecule has 0 fully saturated rings. The number of rotatable bonds is 6. The molecule has 6 heteroatoms. The van der Waals surface area contributed by atoms with Crippen molar-refractivity contribution in [3.63, 3.8) is 0 Å². The van der Waals surface area contributed by atoms with Crippen LogP contribution in [0.2, 0.25) is 0 Å². The first-order valence-electron chi connectivity index (χ1n) is 6.41. The number of aromatic amines is 1. The van der Waals surface area contributed by atoms with E-state index >= 15 is 0 Å². The van der Waals surface area contributed by atoms with Crippen LogP contribution in [-0.2, 0) is 9.53 Å². The molecule has 0 saturated carbocycles. The molecule has 0 aromatic carbocycles. The van der Waals surface area contributed by atoms with Crippen LogP contribution in [-0.4, -0.2) is 36.1 Å². The Bertz CT molecular complexity index is 482. The fourth-order valence-electron chi connectivity index (χ4n) is 1.66. The minimum absolute atomic E-state index is 0.0956. The molecule has 6 nitrogen and oxygen atoms in total. The minimum atomic E-state index is -0.346. The second-order valence-corrected chi connectivity index (χ2v) is 4.64. The predicted molar refractivity (Wildman–Crippen MR) is 73.5 cm³/mol. The zero-order chi connectivity index (χ0) is 14.4. The van der Waals surface area contributed by atoms with Gasteiger partial charge in [-0.25, -0.2) is 4.98 Å². The van der Waals surface area contributed by atoms with Gasteiger partial charge in [0, 0.05) is 18.5 Å². The molecule has 0 atom stereocenters. The normalized spacial score (nSPS) is 10.6. The van der Waals surface area contributed by atoms with Crippen molar-refractivity contribution >= 4 is 11.8 Å². The molecule has 0 unspecified atom stereocenters.